The van der Waals surface area contributed by atoms with Crippen LogP contribution in [0, 0.1) is 0 Å². The van der Waals surface area contributed by atoms with Gasteiger partial charge >= 0.3 is 0 Å². The van der Waals surface area contributed by atoms with E-state index in [9.17, 15) is 0 Å². The Morgan fingerprint density at radius 3 is 2.88 bits per heavy atom. The fourth-order valence-corrected chi connectivity index (χ4v) is 2.67. The first kappa shape index (κ1) is 14.3. The molecule has 0 atom stereocenters. The number of imidazole rings is 1. The summed E-state index contributed by atoms with van der Waals surface area (Å²) in [5, 5.41) is 3.46. The molecule has 4 rings (SSSR count). The van der Waals surface area contributed by atoms with Crippen molar-refractivity contribution in [3.05, 3.63) is 78.9 Å². The van der Waals surface area contributed by atoms with Gasteiger partial charge in [-0.25, -0.2) is 4.98 Å². The van der Waals surface area contributed by atoms with Gasteiger partial charge in [0.15, 0.2) is 5.65 Å². The molecule has 1 aliphatic rings. The fourth-order valence-electron chi connectivity index (χ4n) is 2.67. The number of rotatable bonds is 3. The molecule has 5 heteroatoms. The standard InChI is InChI=1S/C19H17N5/c20-15-7-9-16(10-8-15)22-19-18(14-5-3-1-2-4-6-14)23-17-13-21-11-12-24(17)19/h1,3-13,22H,2,20H2. The molecule has 0 saturated heterocycles. The van der Waals surface area contributed by atoms with E-state index in [1.165, 1.54) is 0 Å². The zero-order valence-electron chi connectivity index (χ0n) is 13.1. The predicted molar refractivity (Wildman–Crippen MR) is 98.0 cm³/mol. The van der Waals surface area contributed by atoms with Gasteiger partial charge in [0.2, 0.25) is 0 Å². The Kier molecular flexibility index (Phi) is 3.59. The number of nitrogens with one attached hydrogen (secondary N) is 1. The maximum absolute atomic E-state index is 5.78. The van der Waals surface area contributed by atoms with Crippen molar-refractivity contribution in [2.75, 3.05) is 11.1 Å². The summed E-state index contributed by atoms with van der Waals surface area (Å²) in [6.45, 7) is 0. The first-order valence-electron chi connectivity index (χ1n) is 7.79. The van der Waals surface area contributed by atoms with E-state index >= 15 is 0 Å². The van der Waals surface area contributed by atoms with Crippen LogP contribution in [-0.4, -0.2) is 14.4 Å². The Bertz CT molecular complexity index is 961. The first-order chi connectivity index (χ1) is 11.8. The molecule has 3 N–H and O–H groups in total. The molecule has 2 aromatic heterocycles. The second-order valence-corrected chi connectivity index (χ2v) is 5.55. The minimum Gasteiger partial charge on any atom is -0.399 e. The minimum absolute atomic E-state index is 0.739. The molecule has 0 bridgehead atoms. The molecule has 0 spiro atoms. The number of allylic oxidation sites excluding steroid dienone is 6. The summed E-state index contributed by atoms with van der Waals surface area (Å²) in [4.78, 5) is 8.92. The number of nitrogen functional groups attached to an aromatic ring is 1. The number of hydrogen-bond acceptors (Lipinski definition) is 4. The molecule has 118 valence electrons. The predicted octanol–water partition coefficient (Wildman–Crippen LogP) is 3.95. The van der Waals surface area contributed by atoms with Crippen molar-refractivity contribution in [2.24, 2.45) is 0 Å². The topological polar surface area (TPSA) is 68.2 Å². The van der Waals surface area contributed by atoms with E-state index in [4.69, 9.17) is 10.7 Å². The highest BCUT2D eigenvalue weighted by atomic mass is 15.1. The Morgan fingerprint density at radius 2 is 2.00 bits per heavy atom. The molecule has 0 amide bonds. The lowest BCUT2D eigenvalue weighted by Gasteiger charge is -2.09. The molecule has 3 aromatic rings. The molecular formula is C19H17N5. The zero-order valence-corrected chi connectivity index (χ0v) is 13.1. The lowest BCUT2D eigenvalue weighted by atomic mass is 10.1. The highest BCUT2D eigenvalue weighted by molar-refractivity contribution is 5.83. The summed E-state index contributed by atoms with van der Waals surface area (Å²) in [6.07, 6.45) is 16.8. The summed E-state index contributed by atoms with van der Waals surface area (Å²) < 4.78 is 2.00. The molecule has 0 unspecified atom stereocenters. The maximum atomic E-state index is 5.78. The van der Waals surface area contributed by atoms with Crippen LogP contribution in [0.15, 0.2) is 73.2 Å². The van der Waals surface area contributed by atoms with Crippen molar-refractivity contribution >= 4 is 28.4 Å². The third kappa shape index (κ3) is 2.67. The van der Waals surface area contributed by atoms with Crippen molar-refractivity contribution < 1.29 is 0 Å². The van der Waals surface area contributed by atoms with Crippen LogP contribution in [0.1, 0.15) is 12.1 Å². The van der Waals surface area contributed by atoms with Crippen LogP contribution in [0.4, 0.5) is 17.2 Å². The summed E-state index contributed by atoms with van der Waals surface area (Å²) in [6, 6.07) is 7.66. The van der Waals surface area contributed by atoms with Gasteiger partial charge in [-0.05, 0) is 30.7 Å². The quantitative estimate of drug-likeness (QED) is 0.718. The number of aromatic nitrogens is 3. The molecule has 2 heterocycles. The van der Waals surface area contributed by atoms with Gasteiger partial charge in [-0.2, -0.15) is 0 Å². The largest absolute Gasteiger partial charge is 0.399 e. The SMILES string of the molecule is Nc1ccc(Nc2c(C3=CC=CCC=C3)nc3cnccn23)cc1. The number of hydrogen-bond donors (Lipinski definition) is 2. The fraction of sp³-hybridized carbons (Fsp3) is 0.0526. The summed E-state index contributed by atoms with van der Waals surface area (Å²) in [5.74, 6) is 0.906. The van der Waals surface area contributed by atoms with Gasteiger partial charge in [0.05, 0.1) is 6.20 Å². The maximum Gasteiger partial charge on any atom is 0.157 e. The summed E-state index contributed by atoms with van der Waals surface area (Å²) >= 11 is 0. The van der Waals surface area contributed by atoms with Gasteiger partial charge < -0.3 is 11.1 Å². The third-order valence-corrected chi connectivity index (χ3v) is 3.86. The van der Waals surface area contributed by atoms with Crippen LogP contribution in [-0.2, 0) is 0 Å². The molecular weight excluding hydrogens is 298 g/mol. The van der Waals surface area contributed by atoms with Gasteiger partial charge in [-0.1, -0.05) is 30.4 Å². The van der Waals surface area contributed by atoms with E-state index in [1.54, 1.807) is 12.4 Å². The van der Waals surface area contributed by atoms with Crippen LogP contribution in [0.2, 0.25) is 0 Å². The van der Waals surface area contributed by atoms with Crippen LogP contribution < -0.4 is 11.1 Å². The summed E-state index contributed by atoms with van der Waals surface area (Å²) in [5.41, 5.74) is 10.2. The second-order valence-electron chi connectivity index (χ2n) is 5.55. The average molecular weight is 315 g/mol. The highest BCUT2D eigenvalue weighted by Crippen LogP contribution is 2.29. The average Bonchev–Trinajstić information content (AvgIpc) is 2.78. The normalized spacial score (nSPS) is 13.8. The van der Waals surface area contributed by atoms with Gasteiger partial charge in [0.1, 0.15) is 11.5 Å². The third-order valence-electron chi connectivity index (χ3n) is 3.86. The number of nitrogens with zero attached hydrogens (tertiary/aromatic N) is 3. The second kappa shape index (κ2) is 6.04. The molecule has 0 aliphatic heterocycles. The Balaban J connectivity index is 1.85. The molecule has 1 aromatic carbocycles. The zero-order chi connectivity index (χ0) is 16.4. The van der Waals surface area contributed by atoms with Crippen LogP contribution in [0.3, 0.4) is 0 Å². The minimum atomic E-state index is 0.739. The van der Waals surface area contributed by atoms with Gasteiger partial charge in [0, 0.05) is 29.3 Å². The highest BCUT2D eigenvalue weighted by Gasteiger charge is 2.15. The van der Waals surface area contributed by atoms with E-state index in [-0.39, 0.29) is 0 Å². The Labute approximate surface area is 139 Å². The van der Waals surface area contributed by atoms with Crippen molar-refractivity contribution in [3.63, 3.8) is 0 Å². The molecule has 24 heavy (non-hydrogen) atoms. The Hall–Kier alpha value is -3.34. The number of anilines is 3. The number of fused-ring (bicyclic) bond motifs is 1. The molecule has 0 radical (unpaired) electrons. The molecule has 0 saturated carbocycles. The number of benzene rings is 1. The van der Waals surface area contributed by atoms with Crippen LogP contribution in [0.25, 0.3) is 11.2 Å². The molecule has 1 aliphatic carbocycles. The van der Waals surface area contributed by atoms with Gasteiger partial charge in [0.25, 0.3) is 0 Å². The lowest BCUT2D eigenvalue weighted by molar-refractivity contribution is 1.13. The first-order valence-corrected chi connectivity index (χ1v) is 7.79. The number of nitrogens with two attached hydrogens (primary N) is 1. The molecule has 5 nitrogen and oxygen atoms in total. The van der Waals surface area contributed by atoms with Crippen LogP contribution in [0.5, 0.6) is 0 Å². The molecule has 0 fully saturated rings. The Morgan fingerprint density at radius 1 is 1.12 bits per heavy atom. The van der Waals surface area contributed by atoms with E-state index in [0.717, 1.165) is 40.5 Å². The summed E-state index contributed by atoms with van der Waals surface area (Å²) in [7, 11) is 0. The van der Waals surface area contributed by atoms with Crippen LogP contribution >= 0.6 is 0 Å². The van der Waals surface area contributed by atoms with Crippen molar-refractivity contribution in [2.45, 2.75) is 6.42 Å². The monoisotopic (exact) mass is 315 g/mol. The van der Waals surface area contributed by atoms with E-state index in [1.807, 2.05) is 34.9 Å². The van der Waals surface area contributed by atoms with E-state index < -0.39 is 0 Å². The van der Waals surface area contributed by atoms with Crippen molar-refractivity contribution in [1.29, 1.82) is 0 Å². The van der Waals surface area contributed by atoms with Gasteiger partial charge in [-0.3, -0.25) is 9.38 Å². The van der Waals surface area contributed by atoms with Crippen molar-refractivity contribution in [1.82, 2.24) is 14.4 Å². The van der Waals surface area contributed by atoms with E-state index in [0.29, 0.717) is 0 Å². The van der Waals surface area contributed by atoms with Gasteiger partial charge in [-0.15, -0.1) is 0 Å². The van der Waals surface area contributed by atoms with E-state index in [2.05, 4.69) is 40.7 Å². The lowest BCUT2D eigenvalue weighted by Crippen LogP contribution is -1.98. The smallest absolute Gasteiger partial charge is 0.157 e. The van der Waals surface area contributed by atoms with Crippen molar-refractivity contribution in [3.8, 4) is 0 Å².